The summed E-state index contributed by atoms with van der Waals surface area (Å²) < 4.78 is 0. The summed E-state index contributed by atoms with van der Waals surface area (Å²) in [6.45, 7) is 17.5. The van der Waals surface area contributed by atoms with Crippen molar-refractivity contribution in [3.05, 3.63) is 114 Å². The van der Waals surface area contributed by atoms with E-state index in [9.17, 15) is 0 Å². The van der Waals surface area contributed by atoms with E-state index in [1.54, 1.807) is 0 Å². The van der Waals surface area contributed by atoms with Gasteiger partial charge in [-0.2, -0.15) is 0 Å². The van der Waals surface area contributed by atoms with Crippen molar-refractivity contribution in [2.24, 2.45) is 10.8 Å². The van der Waals surface area contributed by atoms with Gasteiger partial charge in [-0.3, -0.25) is 0 Å². The van der Waals surface area contributed by atoms with Crippen LogP contribution < -0.4 is 0 Å². The third kappa shape index (κ3) is 4.88. The lowest BCUT2D eigenvalue weighted by atomic mass is 9.72. The maximum atomic E-state index is 4.47. The van der Waals surface area contributed by atoms with Gasteiger partial charge in [-0.15, -0.1) is 0 Å². The highest BCUT2D eigenvalue weighted by Crippen LogP contribution is 2.42. The largest absolute Gasteiger partial charge is 0.0996 e. The summed E-state index contributed by atoms with van der Waals surface area (Å²) in [4.78, 5) is 0. The van der Waals surface area contributed by atoms with E-state index in [0.29, 0.717) is 0 Å². The molecule has 0 aromatic heterocycles. The van der Waals surface area contributed by atoms with Gasteiger partial charge in [0.2, 0.25) is 0 Å². The van der Waals surface area contributed by atoms with Crippen LogP contribution in [-0.2, 0) is 6.42 Å². The van der Waals surface area contributed by atoms with E-state index in [1.165, 1.54) is 27.8 Å². The number of rotatable bonds is 5. The number of hydrogen-bond donors (Lipinski definition) is 0. The Bertz CT molecular complexity index is 917. The topological polar surface area (TPSA) is 0 Å². The molecule has 0 aliphatic heterocycles. The van der Waals surface area contributed by atoms with Crippen LogP contribution in [0.2, 0.25) is 0 Å². The molecule has 0 nitrogen and oxygen atoms in total. The molecule has 0 amide bonds. The third-order valence-electron chi connectivity index (χ3n) is 6.58. The molecule has 0 spiro atoms. The molecule has 0 heteroatoms. The molecule has 1 aliphatic carbocycles. The van der Waals surface area contributed by atoms with Crippen molar-refractivity contribution in [1.29, 1.82) is 0 Å². The van der Waals surface area contributed by atoms with Gasteiger partial charge in [0.05, 0.1) is 0 Å². The molecule has 0 heterocycles. The van der Waals surface area contributed by atoms with Crippen molar-refractivity contribution in [3.63, 3.8) is 0 Å². The molecule has 2 aromatic carbocycles. The van der Waals surface area contributed by atoms with Gasteiger partial charge in [-0.05, 0) is 67.7 Å². The van der Waals surface area contributed by atoms with Crippen molar-refractivity contribution < 1.29 is 0 Å². The maximum absolute atomic E-state index is 4.47. The summed E-state index contributed by atoms with van der Waals surface area (Å²) in [6, 6.07) is 17.7. The SMILES string of the molecule is C=C(c1ccc(Cc2ccc(C)cc2)cc1)C1(C)/C=C\CC(C)(C(=C)C)C/C=C\1. The molecular formula is C29H34. The van der Waals surface area contributed by atoms with Crippen LogP contribution in [-0.4, -0.2) is 0 Å². The summed E-state index contributed by atoms with van der Waals surface area (Å²) in [6.07, 6.45) is 12.3. The highest BCUT2D eigenvalue weighted by atomic mass is 14.3. The molecule has 0 bridgehead atoms. The quantitative estimate of drug-likeness (QED) is 0.458. The van der Waals surface area contributed by atoms with Gasteiger partial charge in [0, 0.05) is 5.41 Å². The molecule has 0 fully saturated rings. The third-order valence-corrected chi connectivity index (χ3v) is 6.58. The standard InChI is InChI=1S/C29H34/c1-22(2)28(5)17-7-19-29(6,20-8-18-28)24(4)27-15-13-26(14-16-27)21-25-11-9-23(3)10-12-25/h7-16,19-20H,1,4,17-18,21H2,2-3,5-6H3/b19-7-,20-8-. The Kier molecular flexibility index (Phi) is 6.13. The van der Waals surface area contributed by atoms with Gasteiger partial charge >= 0.3 is 0 Å². The van der Waals surface area contributed by atoms with E-state index in [2.05, 4.69) is 114 Å². The number of allylic oxidation sites excluding steroid dienone is 6. The molecule has 0 saturated heterocycles. The van der Waals surface area contributed by atoms with Crippen molar-refractivity contribution in [2.75, 3.05) is 0 Å². The van der Waals surface area contributed by atoms with Gasteiger partial charge in [0.1, 0.15) is 0 Å². The van der Waals surface area contributed by atoms with Crippen LogP contribution in [0.15, 0.2) is 91.6 Å². The van der Waals surface area contributed by atoms with Crippen LogP contribution in [0.1, 0.15) is 55.9 Å². The first kappa shape index (κ1) is 21.1. The van der Waals surface area contributed by atoms with Crippen LogP contribution in [0.3, 0.4) is 0 Å². The minimum atomic E-state index is -0.158. The van der Waals surface area contributed by atoms with E-state index >= 15 is 0 Å². The zero-order chi connectivity index (χ0) is 21.1. The Morgan fingerprint density at radius 3 is 1.79 bits per heavy atom. The summed E-state index contributed by atoms with van der Waals surface area (Å²) in [5, 5.41) is 0. The minimum Gasteiger partial charge on any atom is -0.0996 e. The van der Waals surface area contributed by atoms with Crippen LogP contribution in [0.4, 0.5) is 0 Å². The van der Waals surface area contributed by atoms with Gasteiger partial charge in [0.25, 0.3) is 0 Å². The van der Waals surface area contributed by atoms with Gasteiger partial charge in [-0.1, -0.05) is 104 Å². The van der Waals surface area contributed by atoms with Gasteiger partial charge < -0.3 is 0 Å². The first-order valence-corrected chi connectivity index (χ1v) is 10.6. The second-order valence-electron chi connectivity index (χ2n) is 9.17. The fraction of sp³-hybridized carbons (Fsp3) is 0.310. The first-order valence-electron chi connectivity index (χ1n) is 10.6. The molecule has 150 valence electrons. The summed E-state index contributed by atoms with van der Waals surface area (Å²) in [7, 11) is 0. The summed E-state index contributed by atoms with van der Waals surface area (Å²) >= 11 is 0. The molecule has 0 N–H and O–H groups in total. The maximum Gasteiger partial charge on any atom is 0.0283 e. The lowest BCUT2D eigenvalue weighted by Crippen LogP contribution is -2.19. The van der Waals surface area contributed by atoms with Gasteiger partial charge in [0.15, 0.2) is 0 Å². The Hall–Kier alpha value is -2.60. The molecular weight excluding hydrogens is 348 g/mol. The first-order chi connectivity index (χ1) is 13.7. The highest BCUT2D eigenvalue weighted by molar-refractivity contribution is 5.72. The molecule has 0 atom stereocenters. The second-order valence-corrected chi connectivity index (χ2v) is 9.17. The number of aryl methyl sites for hydroxylation is 1. The van der Waals surface area contributed by atoms with Gasteiger partial charge in [-0.25, -0.2) is 0 Å². The average molecular weight is 383 g/mol. The summed E-state index contributed by atoms with van der Waals surface area (Å²) in [5.74, 6) is 0. The molecule has 1 aliphatic rings. The Morgan fingerprint density at radius 1 is 0.828 bits per heavy atom. The predicted molar refractivity (Wildman–Crippen MR) is 128 cm³/mol. The predicted octanol–water partition coefficient (Wildman–Crippen LogP) is 8.09. The Balaban J connectivity index is 1.75. The smallest absolute Gasteiger partial charge is 0.0283 e. The minimum absolute atomic E-state index is 0.146. The average Bonchev–Trinajstić information content (AvgIpc) is 2.68. The zero-order valence-corrected chi connectivity index (χ0v) is 18.5. The lowest BCUT2D eigenvalue weighted by Gasteiger charge is -2.33. The van der Waals surface area contributed by atoms with E-state index in [4.69, 9.17) is 0 Å². The fourth-order valence-electron chi connectivity index (χ4n) is 3.89. The molecule has 0 radical (unpaired) electrons. The van der Waals surface area contributed by atoms with E-state index in [0.717, 1.165) is 24.8 Å². The van der Waals surface area contributed by atoms with Crippen LogP contribution in [0, 0.1) is 17.8 Å². The van der Waals surface area contributed by atoms with E-state index in [-0.39, 0.29) is 10.8 Å². The van der Waals surface area contributed by atoms with Crippen molar-refractivity contribution >= 4 is 5.57 Å². The number of benzene rings is 2. The second kappa shape index (κ2) is 8.41. The van der Waals surface area contributed by atoms with E-state index < -0.39 is 0 Å². The van der Waals surface area contributed by atoms with Crippen LogP contribution in [0.25, 0.3) is 5.57 Å². The van der Waals surface area contributed by atoms with Crippen molar-refractivity contribution in [3.8, 4) is 0 Å². The summed E-state index contributed by atoms with van der Waals surface area (Å²) in [5.41, 5.74) is 7.57. The fourth-order valence-corrected chi connectivity index (χ4v) is 3.89. The molecule has 0 unspecified atom stereocenters. The monoisotopic (exact) mass is 382 g/mol. The lowest BCUT2D eigenvalue weighted by molar-refractivity contribution is 0.404. The normalized spacial score (nSPS) is 26.2. The van der Waals surface area contributed by atoms with Crippen LogP contribution in [0.5, 0.6) is 0 Å². The number of hydrogen-bond acceptors (Lipinski definition) is 0. The Morgan fingerprint density at radius 2 is 1.31 bits per heavy atom. The Labute approximate surface area is 177 Å². The van der Waals surface area contributed by atoms with E-state index in [1.807, 2.05) is 0 Å². The molecule has 2 aromatic rings. The highest BCUT2D eigenvalue weighted by Gasteiger charge is 2.28. The molecule has 29 heavy (non-hydrogen) atoms. The zero-order valence-electron chi connectivity index (χ0n) is 18.5. The van der Waals surface area contributed by atoms with Crippen LogP contribution >= 0.6 is 0 Å². The van der Waals surface area contributed by atoms with Crippen molar-refractivity contribution in [2.45, 2.75) is 47.0 Å². The van der Waals surface area contributed by atoms with Crippen molar-refractivity contribution in [1.82, 2.24) is 0 Å². The molecule has 0 saturated carbocycles. The molecule has 3 rings (SSSR count).